The Balaban J connectivity index is 0.000000170. The molecular formula is C50H52N12O6. The van der Waals surface area contributed by atoms with Crippen molar-refractivity contribution in [3.05, 3.63) is 166 Å². The molecule has 18 heteroatoms. The van der Waals surface area contributed by atoms with Gasteiger partial charge in [-0.3, -0.25) is 19.0 Å². The highest BCUT2D eigenvalue weighted by molar-refractivity contribution is 5.57. The van der Waals surface area contributed by atoms with Crippen LogP contribution in [0.3, 0.4) is 0 Å². The second-order valence-electron chi connectivity index (χ2n) is 17.2. The summed E-state index contributed by atoms with van der Waals surface area (Å²) in [6.07, 6.45) is 24.0. The minimum absolute atomic E-state index is 0.0928. The summed E-state index contributed by atoms with van der Waals surface area (Å²) in [6, 6.07) is 18.6. The van der Waals surface area contributed by atoms with Gasteiger partial charge in [-0.05, 0) is 74.6 Å². The van der Waals surface area contributed by atoms with Gasteiger partial charge in [0.05, 0.1) is 74.0 Å². The standard InChI is InChI=1S/2C25H26N6O3/c2*1-30-16-19(13-28-30)31-10-9-24(33)23(29-31)12-17-3-2-4-18(11-17)25-26-14-22(15-27-25)34-21-7-5-20(32)6-8-21/h2*2-4,9-11,13-16,20-21,32H,5-8,12H2,1H3. The molecule has 0 aliphatic heterocycles. The molecule has 0 unspecified atom stereocenters. The molecule has 0 radical (unpaired) electrons. The Morgan fingerprint density at radius 1 is 0.544 bits per heavy atom. The predicted molar refractivity (Wildman–Crippen MR) is 252 cm³/mol. The molecule has 18 nitrogen and oxygen atoms in total. The first kappa shape index (κ1) is 45.5. The molecule has 0 bridgehead atoms. The predicted octanol–water partition coefficient (Wildman–Crippen LogP) is 5.39. The van der Waals surface area contributed by atoms with Crippen LogP contribution in [0.2, 0.25) is 0 Å². The average molecular weight is 917 g/mol. The third-order valence-electron chi connectivity index (χ3n) is 11.9. The Hall–Kier alpha value is -7.70. The number of hydrogen-bond donors (Lipinski definition) is 2. The number of aliphatic hydroxyl groups excluding tert-OH is 2. The number of ether oxygens (including phenoxy) is 2. The molecule has 8 aromatic rings. The Labute approximate surface area is 391 Å². The van der Waals surface area contributed by atoms with E-state index >= 15 is 0 Å². The number of aromatic nitrogens is 12. The first-order valence-electron chi connectivity index (χ1n) is 22.7. The van der Waals surface area contributed by atoms with Crippen molar-refractivity contribution in [3.63, 3.8) is 0 Å². The summed E-state index contributed by atoms with van der Waals surface area (Å²) in [5.41, 5.74) is 5.84. The normalized spacial score (nSPS) is 18.1. The maximum atomic E-state index is 12.4. The number of nitrogens with zero attached hydrogens (tertiary/aromatic N) is 12. The number of rotatable bonds is 12. The van der Waals surface area contributed by atoms with Gasteiger partial charge in [-0.15, -0.1) is 0 Å². The topological polar surface area (TPSA) is 216 Å². The molecule has 348 valence electrons. The molecular weight excluding hydrogens is 865 g/mol. The van der Waals surface area contributed by atoms with Crippen LogP contribution in [0.15, 0.2) is 132 Å². The summed E-state index contributed by atoms with van der Waals surface area (Å²) in [5, 5.41) is 36.6. The summed E-state index contributed by atoms with van der Waals surface area (Å²) in [5.74, 6) is 2.43. The minimum atomic E-state index is -0.213. The lowest BCUT2D eigenvalue weighted by Crippen LogP contribution is -2.26. The first-order chi connectivity index (χ1) is 33.1. The maximum absolute atomic E-state index is 12.4. The summed E-state index contributed by atoms with van der Waals surface area (Å²) >= 11 is 0. The summed E-state index contributed by atoms with van der Waals surface area (Å²) in [4.78, 5) is 42.8. The van der Waals surface area contributed by atoms with Crippen molar-refractivity contribution in [1.29, 1.82) is 0 Å². The van der Waals surface area contributed by atoms with Crippen LogP contribution in [0.4, 0.5) is 0 Å². The highest BCUT2D eigenvalue weighted by Gasteiger charge is 2.22. The monoisotopic (exact) mass is 916 g/mol. The molecule has 2 N–H and O–H groups in total. The van der Waals surface area contributed by atoms with E-state index < -0.39 is 0 Å². The Morgan fingerprint density at radius 2 is 0.941 bits per heavy atom. The fraction of sp³-hybridized carbons (Fsp3) is 0.320. The molecule has 6 heterocycles. The Bertz CT molecular complexity index is 2850. The zero-order valence-electron chi connectivity index (χ0n) is 37.8. The molecule has 2 saturated carbocycles. The summed E-state index contributed by atoms with van der Waals surface area (Å²) in [6.45, 7) is 0. The molecule has 2 fully saturated rings. The zero-order valence-corrected chi connectivity index (χ0v) is 37.8. The lowest BCUT2D eigenvalue weighted by molar-refractivity contribution is 0.0662. The minimum Gasteiger partial charge on any atom is -0.487 e. The van der Waals surface area contributed by atoms with Crippen LogP contribution >= 0.6 is 0 Å². The van der Waals surface area contributed by atoms with Crippen LogP contribution in [0, 0.1) is 0 Å². The van der Waals surface area contributed by atoms with Gasteiger partial charge in [0, 0.05) is 62.6 Å². The van der Waals surface area contributed by atoms with Crippen LogP contribution in [0.1, 0.15) is 73.9 Å². The van der Waals surface area contributed by atoms with Crippen LogP contribution in [0.25, 0.3) is 34.2 Å². The molecule has 10 rings (SSSR count). The van der Waals surface area contributed by atoms with E-state index in [0.717, 1.165) is 85.0 Å². The van der Waals surface area contributed by atoms with E-state index in [1.165, 1.54) is 12.1 Å². The van der Waals surface area contributed by atoms with Crippen LogP contribution in [0.5, 0.6) is 11.5 Å². The fourth-order valence-electron chi connectivity index (χ4n) is 8.27. The molecule has 0 amide bonds. The van der Waals surface area contributed by atoms with Crippen LogP contribution < -0.4 is 20.3 Å². The molecule has 0 atom stereocenters. The van der Waals surface area contributed by atoms with Crippen molar-refractivity contribution in [2.45, 2.75) is 88.6 Å². The van der Waals surface area contributed by atoms with Gasteiger partial charge in [0.1, 0.15) is 22.8 Å². The van der Waals surface area contributed by atoms with E-state index in [9.17, 15) is 19.8 Å². The average Bonchev–Trinajstić information content (AvgIpc) is 4.00. The van der Waals surface area contributed by atoms with Gasteiger partial charge in [-0.25, -0.2) is 29.3 Å². The lowest BCUT2D eigenvalue weighted by Gasteiger charge is -2.25. The number of benzene rings is 2. The van der Waals surface area contributed by atoms with Crippen LogP contribution in [-0.4, -0.2) is 93.7 Å². The van der Waals surface area contributed by atoms with Gasteiger partial charge < -0.3 is 19.7 Å². The number of hydrogen-bond acceptors (Lipinski definition) is 14. The summed E-state index contributed by atoms with van der Waals surface area (Å²) < 4.78 is 18.6. The second-order valence-corrected chi connectivity index (χ2v) is 17.2. The molecule has 0 spiro atoms. The van der Waals surface area contributed by atoms with E-state index in [4.69, 9.17) is 9.47 Å². The van der Waals surface area contributed by atoms with Crippen molar-refractivity contribution < 1.29 is 19.7 Å². The van der Waals surface area contributed by atoms with E-state index in [-0.39, 0.29) is 35.3 Å². The van der Waals surface area contributed by atoms with Crippen molar-refractivity contribution in [3.8, 4) is 45.6 Å². The lowest BCUT2D eigenvalue weighted by atomic mass is 9.95. The van der Waals surface area contributed by atoms with Gasteiger partial charge in [0.2, 0.25) is 10.9 Å². The second kappa shape index (κ2) is 20.9. The number of aryl methyl sites for hydroxylation is 2. The fourth-order valence-corrected chi connectivity index (χ4v) is 8.27. The molecule has 0 saturated heterocycles. The van der Waals surface area contributed by atoms with E-state index in [1.807, 2.05) is 75.0 Å². The SMILES string of the molecule is Cn1cc(-n2ccc(=O)c(Cc3cccc(-c4ncc(OC5CCC(O)CC5)cn4)c3)n2)cn1.Cn1cc(-n2ccc(=O)c(Cc3cccc(-c4ncc(OC5CCC(O)CC5)cn4)c3)n2)cn1. The van der Waals surface area contributed by atoms with E-state index in [2.05, 4.69) is 40.3 Å². The zero-order chi connectivity index (χ0) is 47.0. The summed E-state index contributed by atoms with van der Waals surface area (Å²) in [7, 11) is 3.67. The van der Waals surface area contributed by atoms with Crippen molar-refractivity contribution >= 4 is 0 Å². The first-order valence-corrected chi connectivity index (χ1v) is 22.7. The van der Waals surface area contributed by atoms with Crippen molar-refractivity contribution in [2.75, 3.05) is 0 Å². The van der Waals surface area contributed by atoms with E-state index in [1.54, 1.807) is 68.3 Å². The third-order valence-corrected chi connectivity index (χ3v) is 11.9. The van der Waals surface area contributed by atoms with Gasteiger partial charge in [0.25, 0.3) is 0 Å². The Morgan fingerprint density at radius 3 is 1.31 bits per heavy atom. The molecule has 2 aliphatic carbocycles. The van der Waals surface area contributed by atoms with Gasteiger partial charge >= 0.3 is 0 Å². The Kier molecular flexibility index (Phi) is 13.9. The van der Waals surface area contributed by atoms with Crippen LogP contribution in [-0.2, 0) is 26.9 Å². The molecule has 2 aliphatic rings. The molecule has 68 heavy (non-hydrogen) atoms. The van der Waals surface area contributed by atoms with Gasteiger partial charge in [-0.1, -0.05) is 36.4 Å². The van der Waals surface area contributed by atoms with Crippen molar-refractivity contribution in [1.82, 2.24) is 59.1 Å². The maximum Gasteiger partial charge on any atom is 0.203 e. The van der Waals surface area contributed by atoms with Gasteiger partial charge in [0.15, 0.2) is 23.1 Å². The van der Waals surface area contributed by atoms with Gasteiger partial charge in [-0.2, -0.15) is 20.4 Å². The van der Waals surface area contributed by atoms with E-state index in [0.29, 0.717) is 47.4 Å². The van der Waals surface area contributed by atoms with Crippen molar-refractivity contribution in [2.24, 2.45) is 14.1 Å². The quantitative estimate of drug-likeness (QED) is 0.157. The highest BCUT2D eigenvalue weighted by atomic mass is 16.5. The third kappa shape index (κ3) is 11.6. The molecule has 2 aromatic carbocycles. The molecule has 6 aromatic heterocycles. The smallest absolute Gasteiger partial charge is 0.203 e. The highest BCUT2D eigenvalue weighted by Crippen LogP contribution is 2.26. The largest absolute Gasteiger partial charge is 0.487 e. The number of aliphatic hydroxyl groups is 2.